The molecule has 1 fully saturated rings. The number of rotatable bonds is 0. The summed E-state index contributed by atoms with van der Waals surface area (Å²) in [6, 6.07) is -0.0409. The SMILES string of the molecule is C[C@@H]1CN[C@H]2c3c(c(O)n(C)c3O)O[C@@]2(C)C1. The van der Waals surface area contributed by atoms with Crippen LogP contribution in [0.2, 0.25) is 0 Å². The third-order valence-electron chi connectivity index (χ3n) is 3.98. The Morgan fingerprint density at radius 1 is 1.41 bits per heavy atom. The smallest absolute Gasteiger partial charge is 0.237 e. The van der Waals surface area contributed by atoms with Gasteiger partial charge in [-0.25, -0.2) is 0 Å². The molecule has 5 heteroatoms. The van der Waals surface area contributed by atoms with Crippen LogP contribution in [0.25, 0.3) is 0 Å². The maximum Gasteiger partial charge on any atom is 0.237 e. The van der Waals surface area contributed by atoms with Gasteiger partial charge in [-0.3, -0.25) is 4.57 Å². The van der Waals surface area contributed by atoms with Gasteiger partial charge < -0.3 is 20.3 Å². The molecule has 5 nitrogen and oxygen atoms in total. The summed E-state index contributed by atoms with van der Waals surface area (Å²) in [5.41, 5.74) is 0.324. The molecule has 0 aromatic carbocycles. The van der Waals surface area contributed by atoms with Crippen molar-refractivity contribution in [2.45, 2.75) is 31.9 Å². The second-order valence-corrected chi connectivity index (χ2v) is 5.51. The van der Waals surface area contributed by atoms with Crippen molar-refractivity contribution < 1.29 is 14.9 Å². The van der Waals surface area contributed by atoms with Crippen molar-refractivity contribution in [1.82, 2.24) is 9.88 Å². The number of fused-ring (bicyclic) bond motifs is 3. The summed E-state index contributed by atoms with van der Waals surface area (Å²) in [4.78, 5) is 0. The minimum Gasteiger partial charge on any atom is -0.494 e. The van der Waals surface area contributed by atoms with Crippen LogP contribution in [0.4, 0.5) is 0 Å². The molecule has 3 N–H and O–H groups in total. The molecule has 1 aromatic heterocycles. The Bertz CT molecular complexity index is 483. The molecule has 0 bridgehead atoms. The highest BCUT2D eigenvalue weighted by Crippen LogP contribution is 2.56. The summed E-state index contributed by atoms with van der Waals surface area (Å²) in [5.74, 6) is 1.05. The van der Waals surface area contributed by atoms with Gasteiger partial charge >= 0.3 is 0 Å². The lowest BCUT2D eigenvalue weighted by atomic mass is 9.81. The Balaban J connectivity index is 2.10. The maximum absolute atomic E-state index is 10.0. The molecule has 3 heterocycles. The van der Waals surface area contributed by atoms with E-state index < -0.39 is 0 Å². The summed E-state index contributed by atoms with van der Waals surface area (Å²) >= 11 is 0. The number of piperidine rings is 1. The summed E-state index contributed by atoms with van der Waals surface area (Å²) in [6.45, 7) is 5.10. The van der Waals surface area contributed by atoms with Gasteiger partial charge in [0.15, 0.2) is 5.75 Å². The average molecular weight is 238 g/mol. The van der Waals surface area contributed by atoms with Crippen molar-refractivity contribution in [3.63, 3.8) is 0 Å². The molecule has 1 aromatic rings. The average Bonchev–Trinajstić information content (AvgIpc) is 2.66. The molecule has 3 rings (SSSR count). The monoisotopic (exact) mass is 238 g/mol. The van der Waals surface area contributed by atoms with Gasteiger partial charge in [0.2, 0.25) is 11.8 Å². The fourth-order valence-corrected chi connectivity index (χ4v) is 3.17. The van der Waals surface area contributed by atoms with Gasteiger partial charge in [-0.1, -0.05) is 6.92 Å². The number of ether oxygens (including phenoxy) is 1. The van der Waals surface area contributed by atoms with Crippen LogP contribution in [-0.4, -0.2) is 26.9 Å². The number of nitrogens with zero attached hydrogens (tertiary/aromatic N) is 1. The van der Waals surface area contributed by atoms with Crippen LogP contribution in [-0.2, 0) is 7.05 Å². The van der Waals surface area contributed by atoms with Crippen LogP contribution in [0.5, 0.6) is 17.5 Å². The second-order valence-electron chi connectivity index (χ2n) is 5.51. The molecule has 94 valence electrons. The molecule has 0 unspecified atom stereocenters. The van der Waals surface area contributed by atoms with Crippen molar-refractivity contribution in [2.24, 2.45) is 13.0 Å². The lowest BCUT2D eigenvalue weighted by Gasteiger charge is -2.39. The van der Waals surface area contributed by atoms with Crippen LogP contribution in [0.1, 0.15) is 31.9 Å². The van der Waals surface area contributed by atoms with E-state index in [1.165, 1.54) is 4.57 Å². The van der Waals surface area contributed by atoms with Gasteiger partial charge in [0.1, 0.15) is 5.60 Å². The van der Waals surface area contributed by atoms with Crippen molar-refractivity contribution in [2.75, 3.05) is 6.54 Å². The molecule has 0 saturated carbocycles. The van der Waals surface area contributed by atoms with Crippen molar-refractivity contribution >= 4 is 0 Å². The number of aromatic nitrogens is 1. The first kappa shape index (κ1) is 10.8. The Hall–Kier alpha value is -1.36. The Kier molecular flexibility index (Phi) is 1.96. The lowest BCUT2D eigenvalue weighted by molar-refractivity contribution is 0.0236. The van der Waals surface area contributed by atoms with E-state index in [1.807, 2.05) is 6.92 Å². The molecule has 1 saturated heterocycles. The van der Waals surface area contributed by atoms with Gasteiger partial charge in [-0.2, -0.15) is 0 Å². The van der Waals surface area contributed by atoms with E-state index in [0.29, 0.717) is 17.2 Å². The number of hydrogen-bond donors (Lipinski definition) is 3. The van der Waals surface area contributed by atoms with Crippen LogP contribution >= 0.6 is 0 Å². The van der Waals surface area contributed by atoms with E-state index in [9.17, 15) is 10.2 Å². The minimum absolute atomic E-state index is 0.00239. The predicted octanol–water partition coefficient (Wildman–Crippen LogP) is 1.26. The fraction of sp³-hybridized carbons (Fsp3) is 0.667. The van der Waals surface area contributed by atoms with Gasteiger partial charge in [0.05, 0.1) is 11.6 Å². The molecule has 0 spiro atoms. The third kappa shape index (κ3) is 1.23. The molecule has 0 amide bonds. The lowest BCUT2D eigenvalue weighted by Crippen LogP contribution is -2.49. The predicted molar refractivity (Wildman–Crippen MR) is 62.3 cm³/mol. The minimum atomic E-state index is -0.369. The Morgan fingerprint density at radius 2 is 2.12 bits per heavy atom. The molecular formula is C12H18N2O3. The first-order valence-electron chi connectivity index (χ1n) is 5.97. The number of hydrogen-bond acceptors (Lipinski definition) is 4. The quantitative estimate of drug-likeness (QED) is 0.636. The molecule has 3 atom stereocenters. The molecular weight excluding hydrogens is 220 g/mol. The van der Waals surface area contributed by atoms with Crippen LogP contribution in [0.3, 0.4) is 0 Å². The Morgan fingerprint density at radius 3 is 2.82 bits per heavy atom. The maximum atomic E-state index is 10.0. The van der Waals surface area contributed by atoms with Crippen molar-refractivity contribution in [1.29, 1.82) is 0 Å². The van der Waals surface area contributed by atoms with E-state index >= 15 is 0 Å². The standard InChI is InChI=1S/C12H18N2O3/c1-6-4-12(2)9(13-5-6)7-8(17-12)11(16)14(3)10(7)15/h6,9,13,15-16H,4-5H2,1-3H3/t6-,9-,12-/m0/s1. The van der Waals surface area contributed by atoms with Crippen LogP contribution in [0.15, 0.2) is 0 Å². The molecule has 2 aliphatic rings. The van der Waals surface area contributed by atoms with Crippen molar-refractivity contribution in [3.8, 4) is 17.5 Å². The largest absolute Gasteiger partial charge is 0.494 e. The molecule has 17 heavy (non-hydrogen) atoms. The van der Waals surface area contributed by atoms with Crippen LogP contribution < -0.4 is 10.1 Å². The molecule has 0 aliphatic carbocycles. The van der Waals surface area contributed by atoms with Gasteiger partial charge in [0, 0.05) is 7.05 Å². The van der Waals surface area contributed by atoms with Crippen LogP contribution in [0, 0.1) is 5.92 Å². The molecule has 0 radical (unpaired) electrons. The van der Waals surface area contributed by atoms with E-state index in [4.69, 9.17) is 4.74 Å². The van der Waals surface area contributed by atoms with Crippen molar-refractivity contribution in [3.05, 3.63) is 5.56 Å². The third-order valence-corrected chi connectivity index (χ3v) is 3.98. The van der Waals surface area contributed by atoms with Gasteiger partial charge in [-0.05, 0) is 25.8 Å². The van der Waals surface area contributed by atoms with E-state index in [0.717, 1.165) is 13.0 Å². The van der Waals surface area contributed by atoms with E-state index in [1.54, 1.807) is 7.05 Å². The highest BCUT2D eigenvalue weighted by molar-refractivity contribution is 5.57. The first-order valence-corrected chi connectivity index (χ1v) is 5.97. The topological polar surface area (TPSA) is 66.7 Å². The zero-order valence-corrected chi connectivity index (χ0v) is 10.3. The molecule has 2 aliphatic heterocycles. The van der Waals surface area contributed by atoms with Gasteiger partial charge in [0.25, 0.3) is 0 Å². The first-order chi connectivity index (χ1) is 7.94. The fourth-order valence-electron chi connectivity index (χ4n) is 3.17. The normalized spacial score (nSPS) is 35.2. The summed E-state index contributed by atoms with van der Waals surface area (Å²) in [5, 5.41) is 23.4. The summed E-state index contributed by atoms with van der Waals surface area (Å²) < 4.78 is 7.26. The summed E-state index contributed by atoms with van der Waals surface area (Å²) in [6.07, 6.45) is 0.919. The summed E-state index contributed by atoms with van der Waals surface area (Å²) in [7, 11) is 1.62. The Labute approximate surface area is 100 Å². The number of nitrogens with one attached hydrogen (secondary N) is 1. The van der Waals surface area contributed by atoms with Gasteiger partial charge in [-0.15, -0.1) is 0 Å². The number of aromatic hydroxyl groups is 2. The van der Waals surface area contributed by atoms with E-state index in [2.05, 4.69) is 12.2 Å². The highest BCUT2D eigenvalue weighted by Gasteiger charge is 2.52. The second kappa shape index (κ2) is 3.10. The zero-order chi connectivity index (χ0) is 12.4. The zero-order valence-electron chi connectivity index (χ0n) is 10.3. The van der Waals surface area contributed by atoms with E-state index in [-0.39, 0.29) is 23.4 Å². The highest BCUT2D eigenvalue weighted by atomic mass is 16.5.